The van der Waals surface area contributed by atoms with Gasteiger partial charge in [0.2, 0.25) is 0 Å². The average molecular weight is 298 g/mol. The van der Waals surface area contributed by atoms with Crippen molar-refractivity contribution in [1.29, 1.82) is 0 Å². The van der Waals surface area contributed by atoms with Gasteiger partial charge in [-0.2, -0.15) is 0 Å². The van der Waals surface area contributed by atoms with Crippen LogP contribution in [-0.2, 0) is 0 Å². The van der Waals surface area contributed by atoms with E-state index in [-0.39, 0.29) is 16.9 Å². The molecule has 0 bridgehead atoms. The number of nitrogens with zero attached hydrogens (tertiary/aromatic N) is 3. The topological polar surface area (TPSA) is 59.3 Å². The van der Waals surface area contributed by atoms with Gasteiger partial charge in [-0.3, -0.25) is 10.1 Å². The van der Waals surface area contributed by atoms with Crippen molar-refractivity contribution in [1.82, 2.24) is 4.98 Å². The summed E-state index contributed by atoms with van der Waals surface area (Å²) in [7, 11) is 1.84. The summed E-state index contributed by atoms with van der Waals surface area (Å²) >= 11 is 7.46. The Morgan fingerprint density at radius 2 is 2.26 bits per heavy atom. The monoisotopic (exact) mass is 297 g/mol. The van der Waals surface area contributed by atoms with Gasteiger partial charge in [0.15, 0.2) is 0 Å². The number of hydrogen-bond donors (Lipinski definition) is 0. The molecule has 1 unspecified atom stereocenters. The molecule has 0 aliphatic rings. The number of halogens is 1. The maximum atomic E-state index is 10.8. The van der Waals surface area contributed by atoms with Crippen LogP contribution in [-0.4, -0.2) is 17.0 Å². The van der Waals surface area contributed by atoms with E-state index in [1.165, 1.54) is 12.1 Å². The molecule has 0 radical (unpaired) electrons. The average Bonchev–Trinajstić information content (AvgIpc) is 2.90. The number of hydrogen-bond acceptors (Lipinski definition) is 5. The summed E-state index contributed by atoms with van der Waals surface area (Å²) in [4.78, 5) is 17.5. The Bertz CT molecular complexity index is 589. The Labute approximate surface area is 119 Å². The molecular formula is C12H12ClN3O2S. The summed E-state index contributed by atoms with van der Waals surface area (Å²) in [5.74, 6) is 0.486. The molecule has 2 rings (SSSR count). The fourth-order valence-corrected chi connectivity index (χ4v) is 2.70. The minimum atomic E-state index is -0.472. The number of rotatable bonds is 4. The number of anilines is 1. The van der Waals surface area contributed by atoms with Gasteiger partial charge in [0.25, 0.3) is 5.69 Å². The van der Waals surface area contributed by atoms with E-state index in [9.17, 15) is 10.1 Å². The summed E-state index contributed by atoms with van der Waals surface area (Å²) in [6, 6.07) is 6.73. The number of nitro groups is 1. The molecule has 0 aliphatic carbocycles. The van der Waals surface area contributed by atoms with Gasteiger partial charge in [-0.25, -0.2) is 4.98 Å². The predicted octanol–water partition coefficient (Wildman–Crippen LogP) is 3.90. The molecule has 5 nitrogen and oxygen atoms in total. The van der Waals surface area contributed by atoms with Gasteiger partial charge >= 0.3 is 0 Å². The van der Waals surface area contributed by atoms with Crippen LogP contribution >= 0.6 is 22.9 Å². The number of pyridine rings is 1. The molecule has 0 aliphatic heterocycles. The van der Waals surface area contributed by atoms with Crippen molar-refractivity contribution >= 4 is 34.4 Å². The zero-order valence-electron chi connectivity index (χ0n) is 10.4. The van der Waals surface area contributed by atoms with Crippen molar-refractivity contribution in [3.63, 3.8) is 0 Å². The van der Waals surface area contributed by atoms with E-state index in [0.717, 1.165) is 4.88 Å². The lowest BCUT2D eigenvalue weighted by Gasteiger charge is -2.25. The van der Waals surface area contributed by atoms with Gasteiger partial charge in [-0.15, -0.1) is 11.3 Å². The predicted molar refractivity (Wildman–Crippen MR) is 77.0 cm³/mol. The zero-order chi connectivity index (χ0) is 14.0. The van der Waals surface area contributed by atoms with Crippen LogP contribution in [0.15, 0.2) is 29.6 Å². The normalized spacial score (nSPS) is 12.2. The minimum absolute atomic E-state index is 0.0553. The Hall–Kier alpha value is -1.66. The van der Waals surface area contributed by atoms with Gasteiger partial charge in [-0.05, 0) is 18.4 Å². The third-order valence-corrected chi connectivity index (χ3v) is 4.11. The molecule has 100 valence electrons. The van der Waals surface area contributed by atoms with E-state index in [1.54, 1.807) is 11.3 Å². The largest absolute Gasteiger partial charge is 0.352 e. The van der Waals surface area contributed by atoms with Crippen molar-refractivity contribution in [2.45, 2.75) is 13.0 Å². The van der Waals surface area contributed by atoms with Gasteiger partial charge in [0.1, 0.15) is 11.0 Å². The first-order valence-electron chi connectivity index (χ1n) is 5.57. The van der Waals surface area contributed by atoms with Crippen LogP contribution in [0.4, 0.5) is 11.5 Å². The second kappa shape index (κ2) is 5.54. The van der Waals surface area contributed by atoms with Crippen LogP contribution in [0.3, 0.4) is 0 Å². The molecule has 0 saturated carbocycles. The summed E-state index contributed by atoms with van der Waals surface area (Å²) in [6.07, 6.45) is 0. The summed E-state index contributed by atoms with van der Waals surface area (Å²) in [5.41, 5.74) is -0.0553. The maximum Gasteiger partial charge on any atom is 0.276 e. The van der Waals surface area contributed by atoms with Crippen LogP contribution in [0.2, 0.25) is 5.15 Å². The molecule has 0 spiro atoms. The van der Waals surface area contributed by atoms with E-state index in [0.29, 0.717) is 5.82 Å². The highest BCUT2D eigenvalue weighted by atomic mass is 35.5. The van der Waals surface area contributed by atoms with E-state index < -0.39 is 4.92 Å². The third kappa shape index (κ3) is 3.02. The SMILES string of the molecule is CC(c1cccs1)N(C)c1cc([N+](=O)[O-])cc(Cl)n1. The van der Waals surface area contributed by atoms with Crippen LogP contribution in [0.5, 0.6) is 0 Å². The quantitative estimate of drug-likeness (QED) is 0.488. The fraction of sp³-hybridized carbons (Fsp3) is 0.250. The summed E-state index contributed by atoms with van der Waals surface area (Å²) in [5, 5.41) is 12.9. The van der Waals surface area contributed by atoms with Gasteiger partial charge < -0.3 is 4.90 Å². The van der Waals surface area contributed by atoms with Crippen LogP contribution < -0.4 is 4.90 Å². The zero-order valence-corrected chi connectivity index (χ0v) is 12.0. The fourth-order valence-electron chi connectivity index (χ4n) is 1.67. The van der Waals surface area contributed by atoms with Gasteiger partial charge in [-0.1, -0.05) is 17.7 Å². The maximum absolute atomic E-state index is 10.8. The first kappa shape index (κ1) is 13.8. The molecule has 2 aromatic rings. The highest BCUT2D eigenvalue weighted by molar-refractivity contribution is 7.10. The van der Waals surface area contributed by atoms with E-state index in [1.807, 2.05) is 36.4 Å². The van der Waals surface area contributed by atoms with Crippen LogP contribution in [0.1, 0.15) is 17.8 Å². The molecule has 1 atom stereocenters. The van der Waals surface area contributed by atoms with Crippen molar-refractivity contribution in [3.8, 4) is 0 Å². The van der Waals surface area contributed by atoms with Crippen molar-refractivity contribution in [3.05, 3.63) is 49.8 Å². The molecule has 0 amide bonds. The van der Waals surface area contributed by atoms with Crippen molar-refractivity contribution in [2.24, 2.45) is 0 Å². The van der Waals surface area contributed by atoms with E-state index in [2.05, 4.69) is 4.98 Å². The molecule has 0 N–H and O–H groups in total. The molecule has 2 aromatic heterocycles. The van der Waals surface area contributed by atoms with Gasteiger partial charge in [0.05, 0.1) is 23.1 Å². The lowest BCUT2D eigenvalue weighted by atomic mass is 10.2. The molecule has 0 aromatic carbocycles. The second-order valence-electron chi connectivity index (χ2n) is 4.07. The molecular weight excluding hydrogens is 286 g/mol. The lowest BCUT2D eigenvalue weighted by Crippen LogP contribution is -2.22. The van der Waals surface area contributed by atoms with E-state index >= 15 is 0 Å². The van der Waals surface area contributed by atoms with Crippen molar-refractivity contribution < 1.29 is 4.92 Å². The molecule has 0 saturated heterocycles. The Balaban J connectivity index is 2.33. The van der Waals surface area contributed by atoms with E-state index in [4.69, 9.17) is 11.6 Å². The smallest absolute Gasteiger partial charge is 0.276 e. The van der Waals surface area contributed by atoms with Crippen LogP contribution in [0, 0.1) is 10.1 Å². The van der Waals surface area contributed by atoms with Gasteiger partial charge in [0, 0.05) is 11.9 Å². The second-order valence-corrected chi connectivity index (χ2v) is 5.43. The first-order chi connectivity index (χ1) is 8.99. The highest BCUT2D eigenvalue weighted by Crippen LogP contribution is 2.30. The number of aromatic nitrogens is 1. The molecule has 0 fully saturated rings. The first-order valence-corrected chi connectivity index (χ1v) is 6.83. The van der Waals surface area contributed by atoms with Crippen LogP contribution in [0.25, 0.3) is 0 Å². The highest BCUT2D eigenvalue weighted by Gasteiger charge is 2.18. The third-order valence-electron chi connectivity index (χ3n) is 2.87. The molecule has 19 heavy (non-hydrogen) atoms. The Morgan fingerprint density at radius 3 is 2.84 bits per heavy atom. The minimum Gasteiger partial charge on any atom is -0.352 e. The number of thiophene rings is 1. The molecule has 7 heteroatoms. The summed E-state index contributed by atoms with van der Waals surface area (Å²) < 4.78 is 0. The standard InChI is InChI=1S/C12H12ClN3O2S/c1-8(10-4-3-5-19-10)15(2)12-7-9(16(17)18)6-11(13)14-12/h3-8H,1-2H3. The lowest BCUT2D eigenvalue weighted by molar-refractivity contribution is -0.384. The Kier molecular flexibility index (Phi) is 4.01. The summed E-state index contributed by atoms with van der Waals surface area (Å²) in [6.45, 7) is 2.01. The molecule has 2 heterocycles. The Morgan fingerprint density at radius 1 is 1.53 bits per heavy atom. The van der Waals surface area contributed by atoms with Crippen molar-refractivity contribution in [2.75, 3.05) is 11.9 Å².